The molecule has 0 N–H and O–H groups in total. The molecular formula is C9H8ClIO. The van der Waals surface area contributed by atoms with Crippen LogP contribution in [0, 0.1) is 3.57 Å². The van der Waals surface area contributed by atoms with Crippen molar-refractivity contribution in [1.82, 2.24) is 0 Å². The molecule has 1 aromatic carbocycles. The highest BCUT2D eigenvalue weighted by atomic mass is 127. The van der Waals surface area contributed by atoms with Gasteiger partial charge in [-0.15, -0.1) is 0 Å². The van der Waals surface area contributed by atoms with Crippen molar-refractivity contribution in [2.24, 2.45) is 0 Å². The standard InChI is InChI=1S/C9H8ClIO/c10-8-4-3-7(5-9(8)11)12-6-1-2-6/h3-6H,1-2H2. The molecule has 1 aromatic rings. The molecule has 12 heavy (non-hydrogen) atoms. The highest BCUT2D eigenvalue weighted by Crippen LogP contribution is 2.29. The van der Waals surface area contributed by atoms with Crippen LogP contribution in [0.4, 0.5) is 0 Å². The average molecular weight is 295 g/mol. The number of ether oxygens (including phenoxy) is 1. The lowest BCUT2D eigenvalue weighted by molar-refractivity contribution is 0.303. The molecule has 1 nitrogen and oxygen atoms in total. The second-order valence-corrected chi connectivity index (χ2v) is 4.46. The largest absolute Gasteiger partial charge is 0.490 e. The molecule has 64 valence electrons. The average Bonchev–Trinajstić information content (AvgIpc) is 2.81. The molecule has 1 saturated carbocycles. The Hall–Kier alpha value is 0.0400. The Kier molecular flexibility index (Phi) is 2.46. The zero-order valence-corrected chi connectivity index (χ0v) is 9.30. The van der Waals surface area contributed by atoms with E-state index in [1.54, 1.807) is 0 Å². The lowest BCUT2D eigenvalue weighted by Crippen LogP contribution is -1.95. The molecule has 0 spiro atoms. The summed E-state index contributed by atoms with van der Waals surface area (Å²) >= 11 is 8.07. The Morgan fingerprint density at radius 2 is 2.17 bits per heavy atom. The van der Waals surface area contributed by atoms with E-state index in [-0.39, 0.29) is 0 Å². The van der Waals surface area contributed by atoms with Crippen molar-refractivity contribution in [3.63, 3.8) is 0 Å². The quantitative estimate of drug-likeness (QED) is 0.759. The van der Waals surface area contributed by atoms with Crippen molar-refractivity contribution >= 4 is 34.2 Å². The number of hydrogen-bond acceptors (Lipinski definition) is 1. The predicted molar refractivity (Wildman–Crippen MR) is 57.8 cm³/mol. The van der Waals surface area contributed by atoms with E-state index in [0.29, 0.717) is 6.10 Å². The van der Waals surface area contributed by atoms with Gasteiger partial charge in [0.05, 0.1) is 11.1 Å². The van der Waals surface area contributed by atoms with Gasteiger partial charge in [0.25, 0.3) is 0 Å². The van der Waals surface area contributed by atoms with Crippen molar-refractivity contribution in [3.05, 3.63) is 26.8 Å². The third kappa shape index (κ3) is 2.04. The van der Waals surface area contributed by atoms with Crippen LogP contribution in [-0.4, -0.2) is 6.10 Å². The lowest BCUT2D eigenvalue weighted by atomic mass is 10.3. The first-order valence-electron chi connectivity index (χ1n) is 3.87. The molecular weight excluding hydrogens is 286 g/mol. The summed E-state index contributed by atoms with van der Waals surface area (Å²) in [5, 5.41) is 0.791. The van der Waals surface area contributed by atoms with Crippen molar-refractivity contribution < 1.29 is 4.74 Å². The molecule has 0 aliphatic heterocycles. The summed E-state index contributed by atoms with van der Waals surface area (Å²) in [7, 11) is 0. The monoisotopic (exact) mass is 294 g/mol. The van der Waals surface area contributed by atoms with E-state index in [1.165, 1.54) is 12.8 Å². The molecule has 0 heterocycles. The van der Waals surface area contributed by atoms with Crippen molar-refractivity contribution in [2.75, 3.05) is 0 Å². The predicted octanol–water partition coefficient (Wildman–Crippen LogP) is 3.49. The Morgan fingerprint density at radius 3 is 2.75 bits per heavy atom. The maximum atomic E-state index is 5.87. The van der Waals surface area contributed by atoms with Gasteiger partial charge in [-0.2, -0.15) is 0 Å². The summed E-state index contributed by atoms with van der Waals surface area (Å²) < 4.78 is 6.65. The summed E-state index contributed by atoms with van der Waals surface area (Å²) in [5.74, 6) is 0.936. The number of rotatable bonds is 2. The van der Waals surface area contributed by atoms with Gasteiger partial charge in [-0.3, -0.25) is 0 Å². The van der Waals surface area contributed by atoms with E-state index in [1.807, 2.05) is 18.2 Å². The molecule has 1 aliphatic carbocycles. The lowest BCUT2D eigenvalue weighted by Gasteiger charge is -2.04. The van der Waals surface area contributed by atoms with Gasteiger partial charge < -0.3 is 4.74 Å². The molecule has 0 atom stereocenters. The van der Waals surface area contributed by atoms with Crippen molar-refractivity contribution in [3.8, 4) is 5.75 Å². The van der Waals surface area contributed by atoms with Gasteiger partial charge in [0.2, 0.25) is 0 Å². The van der Waals surface area contributed by atoms with Gasteiger partial charge in [-0.1, -0.05) is 11.6 Å². The van der Waals surface area contributed by atoms with Crippen LogP contribution >= 0.6 is 34.2 Å². The summed E-state index contributed by atoms with van der Waals surface area (Å²) in [6.45, 7) is 0. The number of benzene rings is 1. The van der Waals surface area contributed by atoms with Crippen LogP contribution in [0.1, 0.15) is 12.8 Å². The van der Waals surface area contributed by atoms with E-state index in [0.717, 1.165) is 14.3 Å². The third-order valence-corrected chi connectivity index (χ3v) is 3.26. The maximum Gasteiger partial charge on any atom is 0.120 e. The van der Waals surface area contributed by atoms with E-state index in [9.17, 15) is 0 Å². The highest BCUT2D eigenvalue weighted by molar-refractivity contribution is 14.1. The molecule has 3 heteroatoms. The highest BCUT2D eigenvalue weighted by Gasteiger charge is 2.23. The van der Waals surface area contributed by atoms with Crippen LogP contribution in [0.2, 0.25) is 5.02 Å². The SMILES string of the molecule is Clc1ccc(OC2CC2)cc1I. The molecule has 2 rings (SSSR count). The normalized spacial score (nSPS) is 16.2. The Morgan fingerprint density at radius 1 is 1.42 bits per heavy atom. The van der Waals surface area contributed by atoms with Crippen molar-refractivity contribution in [1.29, 1.82) is 0 Å². The van der Waals surface area contributed by atoms with E-state index < -0.39 is 0 Å². The van der Waals surface area contributed by atoms with E-state index in [4.69, 9.17) is 16.3 Å². The van der Waals surface area contributed by atoms with Gasteiger partial charge >= 0.3 is 0 Å². The third-order valence-electron chi connectivity index (χ3n) is 1.72. The zero-order valence-electron chi connectivity index (χ0n) is 6.39. The van der Waals surface area contributed by atoms with Crippen LogP contribution in [0.3, 0.4) is 0 Å². The first-order chi connectivity index (χ1) is 5.75. The van der Waals surface area contributed by atoms with Crippen LogP contribution in [0.5, 0.6) is 5.75 Å². The zero-order chi connectivity index (χ0) is 8.55. The summed E-state index contributed by atoms with van der Waals surface area (Å²) in [6, 6.07) is 5.77. The molecule has 0 radical (unpaired) electrons. The van der Waals surface area contributed by atoms with Crippen LogP contribution in [0.25, 0.3) is 0 Å². The Labute approximate surface area is 90.2 Å². The topological polar surface area (TPSA) is 9.23 Å². The van der Waals surface area contributed by atoms with Crippen molar-refractivity contribution in [2.45, 2.75) is 18.9 Å². The van der Waals surface area contributed by atoms with Gasteiger partial charge in [0.1, 0.15) is 5.75 Å². The smallest absolute Gasteiger partial charge is 0.120 e. The van der Waals surface area contributed by atoms with Crippen LogP contribution in [0.15, 0.2) is 18.2 Å². The summed E-state index contributed by atoms with van der Waals surface area (Å²) in [5.41, 5.74) is 0. The van der Waals surface area contributed by atoms with E-state index >= 15 is 0 Å². The Bertz CT molecular complexity index is 297. The fourth-order valence-electron chi connectivity index (χ4n) is 0.929. The van der Waals surface area contributed by atoms with Crippen LogP contribution < -0.4 is 4.74 Å². The molecule has 0 amide bonds. The van der Waals surface area contributed by atoms with Gasteiger partial charge in [-0.25, -0.2) is 0 Å². The molecule has 0 bridgehead atoms. The van der Waals surface area contributed by atoms with Gasteiger partial charge in [0, 0.05) is 3.57 Å². The number of hydrogen-bond donors (Lipinski definition) is 0. The molecule has 1 aliphatic rings. The minimum Gasteiger partial charge on any atom is -0.490 e. The fraction of sp³-hybridized carbons (Fsp3) is 0.333. The summed E-state index contributed by atoms with van der Waals surface area (Å²) in [4.78, 5) is 0. The Balaban J connectivity index is 2.15. The molecule has 1 fully saturated rings. The summed E-state index contributed by atoms with van der Waals surface area (Å²) in [6.07, 6.45) is 2.85. The van der Waals surface area contributed by atoms with Gasteiger partial charge in [0.15, 0.2) is 0 Å². The first kappa shape index (κ1) is 8.63. The van der Waals surface area contributed by atoms with E-state index in [2.05, 4.69) is 22.6 Å². The second-order valence-electron chi connectivity index (χ2n) is 2.89. The minimum atomic E-state index is 0.460. The second kappa shape index (κ2) is 3.42. The fourth-order valence-corrected chi connectivity index (χ4v) is 1.53. The van der Waals surface area contributed by atoms with Gasteiger partial charge in [-0.05, 0) is 53.6 Å². The minimum absolute atomic E-state index is 0.460. The molecule has 0 saturated heterocycles. The molecule has 0 unspecified atom stereocenters. The first-order valence-corrected chi connectivity index (χ1v) is 5.33. The number of halogens is 2. The molecule has 0 aromatic heterocycles. The maximum absolute atomic E-state index is 5.87. The van der Waals surface area contributed by atoms with Crippen LogP contribution in [-0.2, 0) is 0 Å².